The Morgan fingerprint density at radius 2 is 1.94 bits per heavy atom. The summed E-state index contributed by atoms with van der Waals surface area (Å²) in [5.74, 6) is 0.650. The Labute approximate surface area is 100 Å². The largest absolute Gasteiger partial charge is 0.394 e. The molecule has 2 N–H and O–H groups in total. The first kappa shape index (κ1) is 13.9. The highest BCUT2D eigenvalue weighted by atomic mass is 16.3. The van der Waals surface area contributed by atoms with Crippen molar-refractivity contribution in [2.45, 2.75) is 45.6 Å². The first-order valence-corrected chi connectivity index (χ1v) is 6.70. The molecule has 0 bridgehead atoms. The highest BCUT2D eigenvalue weighted by Crippen LogP contribution is 2.22. The van der Waals surface area contributed by atoms with Crippen molar-refractivity contribution < 1.29 is 5.11 Å². The summed E-state index contributed by atoms with van der Waals surface area (Å²) in [6.07, 6.45) is 3.39. The molecule has 3 heteroatoms. The molecule has 16 heavy (non-hydrogen) atoms. The van der Waals surface area contributed by atoms with E-state index < -0.39 is 0 Å². The zero-order valence-electron chi connectivity index (χ0n) is 11.1. The van der Waals surface area contributed by atoms with E-state index in [0.717, 1.165) is 32.5 Å². The van der Waals surface area contributed by atoms with E-state index in [2.05, 4.69) is 31.0 Å². The van der Waals surface area contributed by atoms with Crippen molar-refractivity contribution in [3.63, 3.8) is 0 Å². The van der Waals surface area contributed by atoms with Gasteiger partial charge in [0, 0.05) is 5.54 Å². The number of aliphatic hydroxyl groups is 1. The Hall–Kier alpha value is -0.120. The lowest BCUT2D eigenvalue weighted by Gasteiger charge is -2.41. The van der Waals surface area contributed by atoms with Crippen LogP contribution in [0.3, 0.4) is 0 Å². The van der Waals surface area contributed by atoms with Crippen LogP contribution in [0.1, 0.15) is 40.0 Å². The Kier molecular flexibility index (Phi) is 5.73. The number of hydrogen-bond donors (Lipinski definition) is 2. The SMILES string of the molecule is CCCN1CCC(CO)(NCC(C)C)CC1. The van der Waals surface area contributed by atoms with E-state index in [1.54, 1.807) is 0 Å². The molecule has 1 aliphatic rings. The van der Waals surface area contributed by atoms with Crippen molar-refractivity contribution in [1.29, 1.82) is 0 Å². The molecule has 0 radical (unpaired) electrons. The third-order valence-electron chi connectivity index (χ3n) is 3.54. The molecule has 1 fully saturated rings. The summed E-state index contributed by atoms with van der Waals surface area (Å²) in [4.78, 5) is 2.50. The van der Waals surface area contributed by atoms with Crippen molar-refractivity contribution in [1.82, 2.24) is 10.2 Å². The van der Waals surface area contributed by atoms with E-state index in [0.29, 0.717) is 5.92 Å². The van der Waals surface area contributed by atoms with E-state index in [-0.39, 0.29) is 12.1 Å². The lowest BCUT2D eigenvalue weighted by Crippen LogP contribution is -2.56. The normalized spacial score (nSPS) is 21.6. The van der Waals surface area contributed by atoms with Gasteiger partial charge in [-0.2, -0.15) is 0 Å². The third kappa shape index (κ3) is 4.04. The number of nitrogens with zero attached hydrogens (tertiary/aromatic N) is 1. The number of aliphatic hydroxyl groups excluding tert-OH is 1. The molecule has 0 aromatic rings. The predicted octanol–water partition coefficient (Wildman–Crippen LogP) is 1.47. The summed E-state index contributed by atoms with van der Waals surface area (Å²) in [7, 11) is 0. The molecule has 1 heterocycles. The second-order valence-electron chi connectivity index (χ2n) is 5.55. The molecule has 96 valence electrons. The van der Waals surface area contributed by atoms with Gasteiger partial charge in [-0.05, 0) is 51.4 Å². The lowest BCUT2D eigenvalue weighted by molar-refractivity contribution is 0.0765. The van der Waals surface area contributed by atoms with Crippen molar-refractivity contribution in [2.24, 2.45) is 5.92 Å². The molecule has 0 aliphatic carbocycles. The zero-order chi connectivity index (χ0) is 12.0. The van der Waals surface area contributed by atoms with Crippen LogP contribution in [0.4, 0.5) is 0 Å². The van der Waals surface area contributed by atoms with Crippen molar-refractivity contribution >= 4 is 0 Å². The second-order valence-corrected chi connectivity index (χ2v) is 5.55. The fraction of sp³-hybridized carbons (Fsp3) is 1.00. The molecule has 0 saturated carbocycles. The molecule has 1 rings (SSSR count). The molecular weight excluding hydrogens is 200 g/mol. The molecule has 0 amide bonds. The van der Waals surface area contributed by atoms with Crippen LogP contribution < -0.4 is 5.32 Å². The van der Waals surface area contributed by atoms with E-state index in [1.807, 2.05) is 0 Å². The van der Waals surface area contributed by atoms with E-state index in [9.17, 15) is 5.11 Å². The lowest BCUT2D eigenvalue weighted by atomic mass is 9.87. The summed E-state index contributed by atoms with van der Waals surface area (Å²) in [6, 6.07) is 0. The predicted molar refractivity (Wildman–Crippen MR) is 68.6 cm³/mol. The smallest absolute Gasteiger partial charge is 0.0614 e. The molecule has 0 atom stereocenters. The molecule has 0 aromatic heterocycles. The molecule has 0 spiro atoms. The van der Waals surface area contributed by atoms with Crippen LogP contribution in [0.5, 0.6) is 0 Å². The van der Waals surface area contributed by atoms with Crippen molar-refractivity contribution in [3.05, 3.63) is 0 Å². The van der Waals surface area contributed by atoms with Crippen molar-refractivity contribution in [3.8, 4) is 0 Å². The van der Waals surface area contributed by atoms with Gasteiger partial charge in [0.05, 0.1) is 6.61 Å². The van der Waals surface area contributed by atoms with Crippen LogP contribution in [-0.2, 0) is 0 Å². The number of hydrogen-bond acceptors (Lipinski definition) is 3. The van der Waals surface area contributed by atoms with Gasteiger partial charge in [-0.1, -0.05) is 20.8 Å². The van der Waals surface area contributed by atoms with Gasteiger partial charge >= 0.3 is 0 Å². The molecule has 0 unspecified atom stereocenters. The average molecular weight is 228 g/mol. The summed E-state index contributed by atoms with van der Waals surface area (Å²) in [6.45, 7) is 11.4. The van der Waals surface area contributed by atoms with Gasteiger partial charge in [-0.25, -0.2) is 0 Å². The standard InChI is InChI=1S/C13H28N2O/c1-4-7-15-8-5-13(11-16,6-9-15)14-10-12(2)3/h12,14,16H,4-11H2,1-3H3. The molecule has 3 nitrogen and oxygen atoms in total. The van der Waals surface area contributed by atoms with Crippen LogP contribution >= 0.6 is 0 Å². The summed E-state index contributed by atoms with van der Waals surface area (Å²) in [5.41, 5.74) is -0.00545. The minimum atomic E-state index is -0.00545. The van der Waals surface area contributed by atoms with Gasteiger partial charge in [-0.15, -0.1) is 0 Å². The van der Waals surface area contributed by atoms with E-state index >= 15 is 0 Å². The number of nitrogens with one attached hydrogen (secondary N) is 1. The Bertz CT molecular complexity index is 186. The quantitative estimate of drug-likeness (QED) is 0.722. The van der Waals surface area contributed by atoms with Crippen LogP contribution in [0, 0.1) is 5.92 Å². The number of piperidine rings is 1. The maximum absolute atomic E-state index is 9.59. The van der Waals surface area contributed by atoms with E-state index in [4.69, 9.17) is 0 Å². The van der Waals surface area contributed by atoms with Gasteiger partial charge in [0.15, 0.2) is 0 Å². The minimum Gasteiger partial charge on any atom is -0.394 e. The fourth-order valence-electron chi connectivity index (χ4n) is 2.33. The van der Waals surface area contributed by atoms with Gasteiger partial charge in [0.25, 0.3) is 0 Å². The highest BCUT2D eigenvalue weighted by Gasteiger charge is 2.33. The summed E-state index contributed by atoms with van der Waals surface area (Å²) < 4.78 is 0. The Balaban J connectivity index is 2.38. The summed E-state index contributed by atoms with van der Waals surface area (Å²) >= 11 is 0. The van der Waals surface area contributed by atoms with Gasteiger partial charge in [-0.3, -0.25) is 0 Å². The maximum atomic E-state index is 9.59. The molecular formula is C13H28N2O. The van der Waals surface area contributed by atoms with Crippen molar-refractivity contribution in [2.75, 3.05) is 32.8 Å². The third-order valence-corrected chi connectivity index (χ3v) is 3.54. The summed E-state index contributed by atoms with van der Waals surface area (Å²) in [5, 5.41) is 13.2. The second kappa shape index (κ2) is 6.58. The average Bonchev–Trinajstić information content (AvgIpc) is 2.29. The van der Waals surface area contributed by atoms with Gasteiger partial charge < -0.3 is 15.3 Å². The van der Waals surface area contributed by atoms with Gasteiger partial charge in [0.1, 0.15) is 0 Å². The molecule has 0 aromatic carbocycles. The zero-order valence-corrected chi connectivity index (χ0v) is 11.1. The maximum Gasteiger partial charge on any atom is 0.0614 e. The Morgan fingerprint density at radius 1 is 1.31 bits per heavy atom. The monoisotopic (exact) mass is 228 g/mol. The minimum absolute atomic E-state index is 0.00545. The first-order valence-electron chi connectivity index (χ1n) is 6.70. The molecule has 1 aliphatic heterocycles. The van der Waals surface area contributed by atoms with Gasteiger partial charge in [0.2, 0.25) is 0 Å². The topological polar surface area (TPSA) is 35.5 Å². The molecule has 1 saturated heterocycles. The van der Waals surface area contributed by atoms with Crippen LogP contribution in [0.2, 0.25) is 0 Å². The van der Waals surface area contributed by atoms with Crippen LogP contribution in [0.25, 0.3) is 0 Å². The van der Waals surface area contributed by atoms with Crippen LogP contribution in [-0.4, -0.2) is 48.3 Å². The number of rotatable bonds is 6. The van der Waals surface area contributed by atoms with E-state index in [1.165, 1.54) is 13.0 Å². The van der Waals surface area contributed by atoms with Crippen LogP contribution in [0.15, 0.2) is 0 Å². The highest BCUT2D eigenvalue weighted by molar-refractivity contribution is 4.93. The fourth-order valence-corrected chi connectivity index (χ4v) is 2.33. The number of likely N-dealkylation sites (tertiary alicyclic amines) is 1. The first-order chi connectivity index (χ1) is 7.62. The Morgan fingerprint density at radius 3 is 2.38 bits per heavy atom.